The summed E-state index contributed by atoms with van der Waals surface area (Å²) in [5.41, 5.74) is 0.729. The number of methoxy groups -OCH3 is 1. The Bertz CT molecular complexity index is 677. The van der Waals surface area contributed by atoms with E-state index >= 15 is 0 Å². The Morgan fingerprint density at radius 1 is 1.24 bits per heavy atom. The first-order valence-electron chi connectivity index (χ1n) is 6.07. The maximum Gasteiger partial charge on any atom is 0.251 e. The van der Waals surface area contributed by atoms with Gasteiger partial charge in [-0.2, -0.15) is 0 Å². The molecule has 2 rings (SSSR count). The number of benzene rings is 2. The highest BCUT2D eigenvalue weighted by Gasteiger charge is 2.10. The number of nitrogens with one attached hydrogen (secondary N) is 1. The Labute approximate surface area is 125 Å². The standard InChI is InChI=1S/C15H12ClF2NO2/c1-21-14-5-3-9(6-13(14)18)15(20)19-8-10-2-4-11(17)7-12(10)16/h2-7H,8H2,1H3,(H,19,20). The number of carbonyl (C=O) groups is 1. The third-order valence-corrected chi connectivity index (χ3v) is 3.22. The fraction of sp³-hybridized carbons (Fsp3) is 0.133. The molecule has 0 aliphatic carbocycles. The summed E-state index contributed by atoms with van der Waals surface area (Å²) in [5, 5.41) is 2.81. The van der Waals surface area contributed by atoms with Crippen molar-refractivity contribution in [3.8, 4) is 5.75 Å². The molecule has 0 saturated carbocycles. The molecule has 0 fully saturated rings. The molecule has 0 bridgehead atoms. The van der Waals surface area contributed by atoms with Gasteiger partial charge in [0.2, 0.25) is 0 Å². The van der Waals surface area contributed by atoms with E-state index in [1.807, 2.05) is 0 Å². The van der Waals surface area contributed by atoms with Gasteiger partial charge in [-0.3, -0.25) is 4.79 Å². The molecular formula is C15H12ClF2NO2. The van der Waals surface area contributed by atoms with Crippen LogP contribution >= 0.6 is 11.6 Å². The third kappa shape index (κ3) is 3.70. The van der Waals surface area contributed by atoms with Crippen molar-refractivity contribution in [1.29, 1.82) is 0 Å². The average Bonchev–Trinajstić information content (AvgIpc) is 2.46. The molecule has 6 heteroatoms. The lowest BCUT2D eigenvalue weighted by Crippen LogP contribution is -2.23. The zero-order valence-electron chi connectivity index (χ0n) is 11.1. The second-order valence-corrected chi connectivity index (χ2v) is 4.67. The van der Waals surface area contributed by atoms with Crippen molar-refractivity contribution in [3.05, 3.63) is 64.2 Å². The normalized spacial score (nSPS) is 10.3. The van der Waals surface area contributed by atoms with Crippen molar-refractivity contribution < 1.29 is 18.3 Å². The van der Waals surface area contributed by atoms with Gasteiger partial charge in [-0.05, 0) is 35.9 Å². The van der Waals surface area contributed by atoms with Crippen molar-refractivity contribution in [2.75, 3.05) is 7.11 Å². The molecule has 0 radical (unpaired) electrons. The molecule has 2 aromatic rings. The third-order valence-electron chi connectivity index (χ3n) is 2.87. The zero-order chi connectivity index (χ0) is 15.4. The Hall–Kier alpha value is -2.14. The van der Waals surface area contributed by atoms with Gasteiger partial charge in [0.25, 0.3) is 5.91 Å². The lowest BCUT2D eigenvalue weighted by molar-refractivity contribution is 0.0950. The molecule has 1 amide bonds. The number of hydrogen-bond donors (Lipinski definition) is 1. The Morgan fingerprint density at radius 2 is 2.00 bits per heavy atom. The summed E-state index contributed by atoms with van der Waals surface area (Å²) >= 11 is 5.86. The molecule has 21 heavy (non-hydrogen) atoms. The highest BCUT2D eigenvalue weighted by molar-refractivity contribution is 6.31. The number of hydrogen-bond acceptors (Lipinski definition) is 2. The highest BCUT2D eigenvalue weighted by Crippen LogP contribution is 2.19. The highest BCUT2D eigenvalue weighted by atomic mass is 35.5. The molecular weight excluding hydrogens is 300 g/mol. The Morgan fingerprint density at radius 3 is 2.62 bits per heavy atom. The number of halogens is 3. The van der Waals surface area contributed by atoms with Crippen molar-refractivity contribution in [1.82, 2.24) is 5.32 Å². The molecule has 1 N–H and O–H groups in total. The summed E-state index contributed by atoms with van der Waals surface area (Å²) in [6.07, 6.45) is 0. The largest absolute Gasteiger partial charge is 0.494 e. The summed E-state index contributed by atoms with van der Waals surface area (Å²) in [4.78, 5) is 11.9. The van der Waals surface area contributed by atoms with E-state index in [9.17, 15) is 13.6 Å². The van der Waals surface area contributed by atoms with Crippen LogP contribution in [0.15, 0.2) is 36.4 Å². The minimum atomic E-state index is -0.620. The monoisotopic (exact) mass is 311 g/mol. The van der Waals surface area contributed by atoms with E-state index in [2.05, 4.69) is 5.32 Å². The second kappa shape index (κ2) is 6.54. The van der Waals surface area contributed by atoms with Crippen LogP contribution in [0.5, 0.6) is 5.75 Å². The Balaban J connectivity index is 2.06. The van der Waals surface area contributed by atoms with Crippen LogP contribution in [-0.2, 0) is 6.54 Å². The van der Waals surface area contributed by atoms with Gasteiger partial charge in [-0.1, -0.05) is 17.7 Å². The molecule has 3 nitrogen and oxygen atoms in total. The lowest BCUT2D eigenvalue weighted by Gasteiger charge is -2.08. The SMILES string of the molecule is COc1ccc(C(=O)NCc2ccc(F)cc2Cl)cc1F. The van der Waals surface area contributed by atoms with Crippen LogP contribution < -0.4 is 10.1 Å². The van der Waals surface area contributed by atoms with Crippen molar-refractivity contribution in [2.24, 2.45) is 0 Å². The quantitative estimate of drug-likeness (QED) is 0.937. The topological polar surface area (TPSA) is 38.3 Å². The van der Waals surface area contributed by atoms with Gasteiger partial charge in [0.05, 0.1) is 7.11 Å². The van der Waals surface area contributed by atoms with E-state index < -0.39 is 17.5 Å². The zero-order valence-corrected chi connectivity index (χ0v) is 11.9. The smallest absolute Gasteiger partial charge is 0.251 e. The van der Waals surface area contributed by atoms with Gasteiger partial charge in [-0.25, -0.2) is 8.78 Å². The molecule has 0 unspecified atom stereocenters. The first kappa shape index (κ1) is 15.3. The van der Waals surface area contributed by atoms with Crippen LogP contribution in [0.2, 0.25) is 5.02 Å². The molecule has 0 saturated heterocycles. The van der Waals surface area contributed by atoms with E-state index in [1.165, 1.54) is 31.4 Å². The first-order chi connectivity index (χ1) is 10.0. The number of ether oxygens (including phenoxy) is 1. The summed E-state index contributed by atoms with van der Waals surface area (Å²) in [5.74, 6) is -1.47. The summed E-state index contributed by atoms with van der Waals surface area (Å²) < 4.78 is 31.2. The number of rotatable bonds is 4. The van der Waals surface area contributed by atoms with E-state index in [4.69, 9.17) is 16.3 Å². The van der Waals surface area contributed by atoms with Crippen molar-refractivity contribution in [2.45, 2.75) is 6.54 Å². The minimum Gasteiger partial charge on any atom is -0.494 e. The van der Waals surface area contributed by atoms with Gasteiger partial charge in [0, 0.05) is 17.1 Å². The molecule has 0 aliphatic rings. The van der Waals surface area contributed by atoms with E-state index in [0.29, 0.717) is 5.56 Å². The fourth-order valence-electron chi connectivity index (χ4n) is 1.75. The van der Waals surface area contributed by atoms with Crippen LogP contribution in [0.4, 0.5) is 8.78 Å². The van der Waals surface area contributed by atoms with E-state index in [1.54, 1.807) is 0 Å². The van der Waals surface area contributed by atoms with Gasteiger partial charge < -0.3 is 10.1 Å². The van der Waals surface area contributed by atoms with Gasteiger partial charge in [0.15, 0.2) is 11.6 Å². The fourth-order valence-corrected chi connectivity index (χ4v) is 1.98. The van der Waals surface area contributed by atoms with Crippen molar-refractivity contribution in [3.63, 3.8) is 0 Å². The van der Waals surface area contributed by atoms with Crippen molar-refractivity contribution >= 4 is 17.5 Å². The molecule has 0 aliphatic heterocycles. The number of carbonyl (C=O) groups excluding carboxylic acids is 1. The Kier molecular flexibility index (Phi) is 4.75. The lowest BCUT2D eigenvalue weighted by atomic mass is 10.1. The predicted octanol–water partition coefficient (Wildman–Crippen LogP) is 3.56. The number of amides is 1. The van der Waals surface area contributed by atoms with E-state index in [0.717, 1.165) is 12.1 Å². The predicted molar refractivity (Wildman–Crippen MR) is 75.5 cm³/mol. The molecule has 0 spiro atoms. The molecule has 110 valence electrons. The van der Waals surface area contributed by atoms with Gasteiger partial charge in [0.1, 0.15) is 5.82 Å². The summed E-state index contributed by atoms with van der Waals surface area (Å²) in [7, 11) is 1.34. The van der Waals surface area contributed by atoms with E-state index in [-0.39, 0.29) is 22.9 Å². The molecule has 0 heterocycles. The molecule has 0 aromatic heterocycles. The summed E-state index contributed by atoms with van der Waals surface area (Å²) in [6, 6.07) is 7.79. The van der Waals surface area contributed by atoms with Crippen LogP contribution in [0.25, 0.3) is 0 Å². The van der Waals surface area contributed by atoms with Crippen LogP contribution in [0.1, 0.15) is 15.9 Å². The van der Waals surface area contributed by atoms with Gasteiger partial charge in [-0.15, -0.1) is 0 Å². The summed E-state index contributed by atoms with van der Waals surface area (Å²) in [6.45, 7) is 0.117. The maximum absolute atomic E-state index is 13.5. The molecule has 2 aromatic carbocycles. The minimum absolute atomic E-state index is 0.0631. The maximum atomic E-state index is 13.5. The average molecular weight is 312 g/mol. The second-order valence-electron chi connectivity index (χ2n) is 4.27. The van der Waals surface area contributed by atoms with Crippen LogP contribution in [0.3, 0.4) is 0 Å². The van der Waals surface area contributed by atoms with Gasteiger partial charge >= 0.3 is 0 Å². The molecule has 0 atom stereocenters. The first-order valence-corrected chi connectivity index (χ1v) is 6.44. The van der Waals surface area contributed by atoms with Crippen LogP contribution in [0, 0.1) is 11.6 Å². The van der Waals surface area contributed by atoms with Crippen LogP contribution in [-0.4, -0.2) is 13.0 Å².